The van der Waals surface area contributed by atoms with Crippen molar-refractivity contribution in [1.82, 2.24) is 5.32 Å². The van der Waals surface area contributed by atoms with Crippen molar-refractivity contribution in [2.24, 2.45) is 15.7 Å². The number of aliphatic imine (C=N–C) groups is 2. The van der Waals surface area contributed by atoms with Crippen molar-refractivity contribution in [3.05, 3.63) is 11.9 Å². The van der Waals surface area contributed by atoms with E-state index in [1.165, 1.54) is 6.20 Å². The zero-order valence-corrected chi connectivity index (χ0v) is 8.38. The van der Waals surface area contributed by atoms with Crippen LogP contribution in [0.15, 0.2) is 21.9 Å². The molecule has 3 N–H and O–H groups in total. The Balaban J connectivity index is 2.86. The zero-order chi connectivity index (χ0) is 7.40. The Morgan fingerprint density at radius 3 is 3.20 bits per heavy atom. The molecule has 0 aliphatic carbocycles. The Hall–Kier alpha value is -0.827. The van der Waals surface area contributed by atoms with Gasteiger partial charge in [0.1, 0.15) is 0 Å². The molecular formula is C5H6N4Zn. The second kappa shape index (κ2) is 3.37. The van der Waals surface area contributed by atoms with Crippen LogP contribution in [0, 0.1) is 0 Å². The van der Waals surface area contributed by atoms with E-state index in [9.17, 15) is 0 Å². The van der Waals surface area contributed by atoms with Gasteiger partial charge in [-0.05, 0) is 0 Å². The number of nitrogens with two attached hydrogens (primary N) is 1. The predicted molar refractivity (Wildman–Crippen MR) is 37.4 cm³/mol. The molecule has 0 atom stereocenters. The minimum absolute atomic E-state index is 0.661. The second-order valence-corrected chi connectivity index (χ2v) is 2.38. The van der Waals surface area contributed by atoms with Gasteiger partial charge in [0.25, 0.3) is 0 Å². The molecule has 48 valence electrons. The first-order valence-electron chi connectivity index (χ1n) is 2.78. The molecular weight excluding hydrogens is 181 g/mol. The molecule has 0 bridgehead atoms. The molecule has 0 saturated heterocycles. The molecule has 0 fully saturated rings. The molecule has 1 aliphatic rings. The average Bonchev–Trinajstić information content (AvgIpc) is 2.36. The third kappa shape index (κ3) is 1.36. The monoisotopic (exact) mass is 186 g/mol. The summed E-state index contributed by atoms with van der Waals surface area (Å²) in [5.41, 5.74) is 6.03. The van der Waals surface area contributed by atoms with Crippen LogP contribution in [0.3, 0.4) is 0 Å². The summed E-state index contributed by atoms with van der Waals surface area (Å²) < 4.78 is 1.79. The summed E-state index contributed by atoms with van der Waals surface area (Å²) in [5, 5.41) is 2.85. The van der Waals surface area contributed by atoms with E-state index in [0.717, 1.165) is 23.5 Å². The number of rotatable bonds is 1. The summed E-state index contributed by atoms with van der Waals surface area (Å²) in [6, 6.07) is 0. The Morgan fingerprint density at radius 2 is 2.60 bits per heavy atom. The Bertz CT molecular complexity index is 228. The van der Waals surface area contributed by atoms with Crippen LogP contribution in [0.2, 0.25) is 0 Å². The Labute approximate surface area is 68.1 Å². The maximum absolute atomic E-state index is 5.27. The molecule has 0 aromatic rings. The fourth-order valence-electron chi connectivity index (χ4n) is 0.609. The summed E-state index contributed by atoms with van der Waals surface area (Å²) in [6.45, 7) is 0. The zero-order valence-electron chi connectivity index (χ0n) is 5.41. The van der Waals surface area contributed by atoms with Crippen molar-refractivity contribution in [2.75, 3.05) is 0 Å². The molecule has 5 heteroatoms. The second-order valence-electron chi connectivity index (χ2n) is 1.62. The van der Waals surface area contributed by atoms with Crippen molar-refractivity contribution in [1.29, 1.82) is 0 Å². The van der Waals surface area contributed by atoms with Crippen LogP contribution in [0.4, 0.5) is 0 Å². The summed E-state index contributed by atoms with van der Waals surface area (Å²) in [4.78, 5) is 7.95. The summed E-state index contributed by atoms with van der Waals surface area (Å²) in [6.07, 6.45) is 3.02. The molecule has 0 saturated carbocycles. The predicted octanol–water partition coefficient (Wildman–Crippen LogP) is -0.877. The molecule has 0 aromatic heterocycles. The SMILES string of the molecule is NC=C1NC=NC1=N[CH]=[Zn]. The molecule has 0 aromatic carbocycles. The van der Waals surface area contributed by atoms with Crippen LogP contribution in [0.1, 0.15) is 0 Å². The molecule has 10 heavy (non-hydrogen) atoms. The fourth-order valence-corrected chi connectivity index (χ4v) is 0.972. The Kier molecular flexibility index (Phi) is 2.45. The van der Waals surface area contributed by atoms with Crippen molar-refractivity contribution in [3.63, 3.8) is 0 Å². The number of nitrogens with zero attached hydrogens (tertiary/aromatic N) is 2. The normalized spacial score (nSPS) is 23.8. The first kappa shape index (κ1) is 7.28. The molecule has 4 nitrogen and oxygen atoms in total. The number of hydrogen-bond acceptors (Lipinski definition) is 3. The van der Waals surface area contributed by atoms with Gasteiger partial charge in [0.05, 0.1) is 0 Å². The van der Waals surface area contributed by atoms with Crippen LogP contribution < -0.4 is 11.1 Å². The van der Waals surface area contributed by atoms with Crippen LogP contribution in [-0.4, -0.2) is 16.9 Å². The quantitative estimate of drug-likeness (QED) is 0.524. The van der Waals surface area contributed by atoms with E-state index < -0.39 is 0 Å². The van der Waals surface area contributed by atoms with Crippen molar-refractivity contribution in [3.8, 4) is 0 Å². The average molecular weight is 188 g/mol. The van der Waals surface area contributed by atoms with Crippen LogP contribution >= 0.6 is 0 Å². The van der Waals surface area contributed by atoms with E-state index in [-0.39, 0.29) is 0 Å². The van der Waals surface area contributed by atoms with E-state index in [2.05, 4.69) is 15.3 Å². The van der Waals surface area contributed by atoms with Crippen LogP contribution in [0.25, 0.3) is 0 Å². The molecule has 0 amide bonds. The van der Waals surface area contributed by atoms with Gasteiger partial charge in [-0.3, -0.25) is 0 Å². The van der Waals surface area contributed by atoms with E-state index in [4.69, 9.17) is 5.73 Å². The van der Waals surface area contributed by atoms with Crippen LogP contribution in [0.5, 0.6) is 0 Å². The topological polar surface area (TPSA) is 62.8 Å². The molecule has 1 aliphatic heterocycles. The van der Waals surface area contributed by atoms with E-state index >= 15 is 0 Å². The van der Waals surface area contributed by atoms with Gasteiger partial charge >= 0.3 is 67.7 Å². The third-order valence-electron chi connectivity index (χ3n) is 1.03. The van der Waals surface area contributed by atoms with Crippen molar-refractivity contribution >= 4 is 16.9 Å². The molecule has 0 spiro atoms. The van der Waals surface area contributed by atoms with Gasteiger partial charge in [-0.15, -0.1) is 0 Å². The molecule has 1 heterocycles. The van der Waals surface area contributed by atoms with Crippen molar-refractivity contribution in [2.45, 2.75) is 0 Å². The van der Waals surface area contributed by atoms with Gasteiger partial charge in [0.15, 0.2) is 0 Å². The van der Waals surface area contributed by atoms with E-state index in [1.807, 2.05) is 0 Å². The number of amidine groups is 1. The fraction of sp³-hybridized carbons (Fsp3) is 0. The standard InChI is InChI=1S/C5H6N4.Zn/c1-7-5-4(2-6)8-3-9-5;/h1-3H,6H2,(H,8,9);. The first-order valence-corrected chi connectivity index (χ1v) is 4.50. The first-order chi connectivity index (χ1) is 4.88. The third-order valence-corrected chi connectivity index (χ3v) is 1.41. The maximum atomic E-state index is 5.27. The van der Waals surface area contributed by atoms with Gasteiger partial charge in [0, 0.05) is 0 Å². The summed E-state index contributed by atoms with van der Waals surface area (Å²) in [5.74, 6) is 0.661. The van der Waals surface area contributed by atoms with Gasteiger partial charge in [-0.1, -0.05) is 0 Å². The van der Waals surface area contributed by atoms with Gasteiger partial charge in [0.2, 0.25) is 0 Å². The van der Waals surface area contributed by atoms with Gasteiger partial charge in [-0.25, -0.2) is 0 Å². The van der Waals surface area contributed by atoms with Gasteiger partial charge in [-0.2, -0.15) is 0 Å². The van der Waals surface area contributed by atoms with E-state index in [0.29, 0.717) is 5.84 Å². The summed E-state index contributed by atoms with van der Waals surface area (Å²) >= 11 is 1.02. The summed E-state index contributed by atoms with van der Waals surface area (Å²) in [7, 11) is 0. The number of nitrogens with one attached hydrogen (secondary N) is 1. The van der Waals surface area contributed by atoms with E-state index in [1.54, 1.807) is 11.1 Å². The number of hydrogen-bond donors (Lipinski definition) is 2. The van der Waals surface area contributed by atoms with Crippen LogP contribution in [-0.2, 0) is 17.9 Å². The molecule has 0 radical (unpaired) electrons. The Morgan fingerprint density at radius 1 is 1.80 bits per heavy atom. The van der Waals surface area contributed by atoms with Gasteiger partial charge < -0.3 is 0 Å². The van der Waals surface area contributed by atoms with Crippen molar-refractivity contribution < 1.29 is 17.9 Å². The molecule has 0 unspecified atom stereocenters. The minimum atomic E-state index is 0.661. The molecule has 1 rings (SSSR count).